The Morgan fingerprint density at radius 2 is 1.75 bits per heavy atom. The number of hydrogen-bond donors (Lipinski definition) is 1. The fraction of sp³-hybridized carbons (Fsp3) is 0.286. The van der Waals surface area contributed by atoms with Crippen LogP contribution >= 0.6 is 0 Å². The van der Waals surface area contributed by atoms with Gasteiger partial charge in [0.1, 0.15) is 5.75 Å². The van der Waals surface area contributed by atoms with Crippen LogP contribution in [0.3, 0.4) is 0 Å². The summed E-state index contributed by atoms with van der Waals surface area (Å²) in [5.74, 6) is -1.52. The third-order valence-corrected chi connectivity index (χ3v) is 4.19. The molecule has 148 valence electrons. The second-order valence-electron chi connectivity index (χ2n) is 6.49. The Morgan fingerprint density at radius 1 is 1.04 bits per heavy atom. The lowest BCUT2D eigenvalue weighted by Gasteiger charge is -2.19. The number of para-hydroxylation sites is 1. The van der Waals surface area contributed by atoms with Gasteiger partial charge in [0.25, 0.3) is 11.8 Å². The van der Waals surface area contributed by atoms with E-state index in [4.69, 9.17) is 15.2 Å². The molecule has 2 rings (SSSR count). The van der Waals surface area contributed by atoms with Gasteiger partial charge >= 0.3 is 5.97 Å². The quantitative estimate of drug-likeness (QED) is 0.702. The zero-order valence-corrected chi connectivity index (χ0v) is 16.2. The van der Waals surface area contributed by atoms with Crippen LogP contribution in [0.25, 0.3) is 0 Å². The summed E-state index contributed by atoms with van der Waals surface area (Å²) in [6.45, 7) is 3.60. The van der Waals surface area contributed by atoms with E-state index >= 15 is 0 Å². The summed E-state index contributed by atoms with van der Waals surface area (Å²) in [6.07, 6.45) is 0. The number of carbonyl (C=O) groups excluding carboxylic acids is 3. The second-order valence-corrected chi connectivity index (χ2v) is 6.49. The molecular weight excluding hydrogens is 360 g/mol. The lowest BCUT2D eigenvalue weighted by molar-refractivity contribution is -0.153. The number of aryl methyl sites for hydroxylation is 2. The van der Waals surface area contributed by atoms with Gasteiger partial charge in [-0.2, -0.15) is 0 Å². The van der Waals surface area contributed by atoms with Crippen LogP contribution in [0, 0.1) is 13.8 Å². The van der Waals surface area contributed by atoms with E-state index in [9.17, 15) is 14.4 Å². The SMILES string of the molecule is Cc1ccc(CN(C)C(=O)COC(=O)COc2ccccc2C(N)=O)c(C)c1. The Bertz CT molecular complexity index is 879. The van der Waals surface area contributed by atoms with Crippen LogP contribution in [0.15, 0.2) is 42.5 Å². The van der Waals surface area contributed by atoms with Crippen LogP contribution in [0.1, 0.15) is 27.0 Å². The van der Waals surface area contributed by atoms with Gasteiger partial charge in [-0.1, -0.05) is 35.9 Å². The molecule has 7 nitrogen and oxygen atoms in total. The maximum Gasteiger partial charge on any atom is 0.344 e. The van der Waals surface area contributed by atoms with Gasteiger partial charge in [-0.3, -0.25) is 9.59 Å². The number of primary amides is 1. The van der Waals surface area contributed by atoms with E-state index in [0.29, 0.717) is 6.54 Å². The summed E-state index contributed by atoms with van der Waals surface area (Å²) in [5.41, 5.74) is 8.69. The fourth-order valence-electron chi connectivity index (χ4n) is 2.59. The van der Waals surface area contributed by atoms with Gasteiger partial charge in [-0.25, -0.2) is 4.79 Å². The van der Waals surface area contributed by atoms with E-state index < -0.39 is 18.5 Å². The number of hydrogen-bond acceptors (Lipinski definition) is 5. The van der Waals surface area contributed by atoms with Crippen molar-refractivity contribution in [2.45, 2.75) is 20.4 Å². The lowest BCUT2D eigenvalue weighted by atomic mass is 10.1. The van der Waals surface area contributed by atoms with Crippen molar-refractivity contribution in [3.63, 3.8) is 0 Å². The zero-order valence-electron chi connectivity index (χ0n) is 16.2. The third kappa shape index (κ3) is 5.84. The van der Waals surface area contributed by atoms with Crippen molar-refractivity contribution in [1.29, 1.82) is 0 Å². The van der Waals surface area contributed by atoms with E-state index in [0.717, 1.165) is 16.7 Å². The minimum atomic E-state index is -0.715. The largest absolute Gasteiger partial charge is 0.481 e. The summed E-state index contributed by atoms with van der Waals surface area (Å²) in [6, 6.07) is 12.3. The molecule has 0 aliphatic heterocycles. The molecule has 2 aromatic rings. The molecule has 2 aromatic carbocycles. The van der Waals surface area contributed by atoms with Crippen LogP contribution in [0.2, 0.25) is 0 Å². The van der Waals surface area contributed by atoms with E-state index in [1.54, 1.807) is 19.2 Å². The predicted octanol–water partition coefficient (Wildman–Crippen LogP) is 1.98. The van der Waals surface area contributed by atoms with Crippen LogP contribution in [-0.2, 0) is 20.9 Å². The summed E-state index contributed by atoms with van der Waals surface area (Å²) in [4.78, 5) is 36.9. The van der Waals surface area contributed by atoms with Crippen molar-refractivity contribution in [2.24, 2.45) is 5.73 Å². The molecule has 0 aliphatic rings. The number of nitrogens with zero attached hydrogens (tertiary/aromatic N) is 1. The molecule has 0 bridgehead atoms. The van der Waals surface area contributed by atoms with Crippen molar-refractivity contribution in [3.05, 3.63) is 64.7 Å². The lowest BCUT2D eigenvalue weighted by Crippen LogP contribution is -2.32. The van der Waals surface area contributed by atoms with Crippen molar-refractivity contribution in [2.75, 3.05) is 20.3 Å². The number of carbonyl (C=O) groups is 3. The summed E-state index contributed by atoms with van der Waals surface area (Å²) in [7, 11) is 1.65. The first kappa shape index (κ1) is 21.0. The number of rotatable bonds is 8. The van der Waals surface area contributed by atoms with Gasteiger partial charge in [0.05, 0.1) is 5.56 Å². The summed E-state index contributed by atoms with van der Waals surface area (Å²) in [5, 5.41) is 0. The van der Waals surface area contributed by atoms with Crippen molar-refractivity contribution in [3.8, 4) is 5.75 Å². The highest BCUT2D eigenvalue weighted by Gasteiger charge is 2.15. The van der Waals surface area contributed by atoms with Crippen LogP contribution in [0.5, 0.6) is 5.75 Å². The topological polar surface area (TPSA) is 98.9 Å². The van der Waals surface area contributed by atoms with E-state index in [1.807, 2.05) is 26.0 Å². The maximum atomic E-state index is 12.2. The van der Waals surface area contributed by atoms with E-state index in [1.165, 1.54) is 17.0 Å². The standard InChI is InChI=1S/C21H24N2O5/c1-14-8-9-16(15(2)10-14)11-23(3)19(24)12-28-20(25)13-27-18-7-5-4-6-17(18)21(22)26/h4-10H,11-13H2,1-3H3,(H2,22,26). The number of amides is 2. The molecule has 2 amide bonds. The monoisotopic (exact) mass is 384 g/mol. The molecule has 7 heteroatoms. The molecule has 28 heavy (non-hydrogen) atoms. The molecule has 0 unspecified atom stereocenters. The number of nitrogens with two attached hydrogens (primary N) is 1. The van der Waals surface area contributed by atoms with Gasteiger partial charge in [0, 0.05) is 13.6 Å². The first-order valence-corrected chi connectivity index (χ1v) is 8.75. The highest BCUT2D eigenvalue weighted by Crippen LogP contribution is 2.17. The fourth-order valence-corrected chi connectivity index (χ4v) is 2.59. The predicted molar refractivity (Wildman–Crippen MR) is 104 cm³/mol. The van der Waals surface area contributed by atoms with Crippen molar-refractivity contribution < 1.29 is 23.9 Å². The Hall–Kier alpha value is -3.35. The molecule has 0 fully saturated rings. The number of esters is 1. The average Bonchev–Trinajstić information content (AvgIpc) is 2.66. The van der Waals surface area contributed by atoms with E-state index in [-0.39, 0.29) is 23.8 Å². The minimum Gasteiger partial charge on any atom is -0.481 e. The summed E-state index contributed by atoms with van der Waals surface area (Å²) >= 11 is 0. The summed E-state index contributed by atoms with van der Waals surface area (Å²) < 4.78 is 10.2. The van der Waals surface area contributed by atoms with E-state index in [2.05, 4.69) is 6.07 Å². The van der Waals surface area contributed by atoms with Crippen LogP contribution < -0.4 is 10.5 Å². The first-order chi connectivity index (χ1) is 13.3. The number of ether oxygens (including phenoxy) is 2. The van der Waals surface area contributed by atoms with Gasteiger partial charge in [-0.15, -0.1) is 0 Å². The molecule has 0 radical (unpaired) electrons. The zero-order chi connectivity index (χ0) is 20.7. The molecular formula is C21H24N2O5. The Kier molecular flexibility index (Phi) is 7.14. The number of likely N-dealkylation sites (N-methyl/N-ethyl adjacent to an activating group) is 1. The van der Waals surface area contributed by atoms with Crippen molar-refractivity contribution >= 4 is 17.8 Å². The second kappa shape index (κ2) is 9.55. The van der Waals surface area contributed by atoms with Gasteiger partial charge in [-0.05, 0) is 37.1 Å². The smallest absolute Gasteiger partial charge is 0.344 e. The highest BCUT2D eigenvalue weighted by atomic mass is 16.6. The molecule has 0 saturated carbocycles. The van der Waals surface area contributed by atoms with Crippen LogP contribution in [0.4, 0.5) is 0 Å². The molecule has 0 spiro atoms. The Balaban J connectivity index is 1.82. The molecule has 0 aromatic heterocycles. The normalized spacial score (nSPS) is 10.2. The highest BCUT2D eigenvalue weighted by molar-refractivity contribution is 5.95. The Labute approximate surface area is 164 Å². The third-order valence-electron chi connectivity index (χ3n) is 4.19. The maximum absolute atomic E-state index is 12.2. The molecule has 0 saturated heterocycles. The van der Waals surface area contributed by atoms with Gasteiger partial charge in [0.15, 0.2) is 13.2 Å². The Morgan fingerprint density at radius 3 is 2.43 bits per heavy atom. The number of benzene rings is 2. The van der Waals surface area contributed by atoms with Gasteiger partial charge < -0.3 is 20.1 Å². The molecule has 0 atom stereocenters. The van der Waals surface area contributed by atoms with Crippen LogP contribution in [-0.4, -0.2) is 42.9 Å². The average molecular weight is 384 g/mol. The van der Waals surface area contributed by atoms with Gasteiger partial charge in [0.2, 0.25) is 0 Å². The van der Waals surface area contributed by atoms with Crippen molar-refractivity contribution in [1.82, 2.24) is 4.90 Å². The first-order valence-electron chi connectivity index (χ1n) is 8.75. The molecule has 0 heterocycles. The molecule has 0 aliphatic carbocycles. The molecule has 2 N–H and O–H groups in total. The minimum absolute atomic E-state index is 0.166.